The fraction of sp³-hybridized carbons (Fsp3) is 0. The van der Waals surface area contributed by atoms with Crippen LogP contribution in [0.3, 0.4) is 0 Å². The van der Waals surface area contributed by atoms with Crippen LogP contribution in [0.15, 0.2) is 59.2 Å². The van der Waals surface area contributed by atoms with Crippen molar-refractivity contribution in [3.63, 3.8) is 0 Å². The van der Waals surface area contributed by atoms with Gasteiger partial charge in [0.2, 0.25) is 0 Å². The van der Waals surface area contributed by atoms with Gasteiger partial charge >= 0.3 is 0 Å². The molecule has 0 atom stereocenters. The van der Waals surface area contributed by atoms with Crippen molar-refractivity contribution in [3.8, 4) is 16.9 Å². The third-order valence-electron chi connectivity index (χ3n) is 2.66. The molecular weight excluding hydrogens is 200 g/mol. The number of hydrogen-bond donors (Lipinski definition) is 1. The molecule has 0 aliphatic rings. The van der Waals surface area contributed by atoms with Crippen molar-refractivity contribution in [2.45, 2.75) is 0 Å². The molecule has 16 heavy (non-hydrogen) atoms. The fourth-order valence-electron chi connectivity index (χ4n) is 1.79. The lowest BCUT2D eigenvalue weighted by atomic mass is 10.0. The van der Waals surface area contributed by atoms with Gasteiger partial charge < -0.3 is 9.52 Å². The number of phenolic OH excluding ortho intramolecular Hbond substituents is 1. The highest BCUT2D eigenvalue weighted by molar-refractivity contribution is 5.83. The van der Waals surface area contributed by atoms with Crippen LogP contribution in [-0.2, 0) is 0 Å². The third kappa shape index (κ3) is 1.44. The van der Waals surface area contributed by atoms with E-state index >= 15 is 0 Å². The Morgan fingerprint density at radius 2 is 1.56 bits per heavy atom. The van der Waals surface area contributed by atoms with Crippen molar-refractivity contribution in [3.05, 3.63) is 54.8 Å². The summed E-state index contributed by atoms with van der Waals surface area (Å²) in [6.45, 7) is 0. The van der Waals surface area contributed by atoms with E-state index in [1.165, 1.54) is 0 Å². The molecule has 0 amide bonds. The van der Waals surface area contributed by atoms with Gasteiger partial charge in [0, 0.05) is 5.39 Å². The molecule has 0 radical (unpaired) electrons. The van der Waals surface area contributed by atoms with Crippen LogP contribution in [-0.4, -0.2) is 5.11 Å². The first-order chi connectivity index (χ1) is 7.83. The van der Waals surface area contributed by atoms with Gasteiger partial charge in [0.05, 0.1) is 6.26 Å². The standard InChI is InChI=1S/C14H10O2/c15-13-5-3-10(4-6-13)12-2-1-11-7-8-16-14(11)9-12/h1-9,15H. The van der Waals surface area contributed by atoms with Gasteiger partial charge in [0.1, 0.15) is 11.3 Å². The highest BCUT2D eigenvalue weighted by Crippen LogP contribution is 2.26. The summed E-state index contributed by atoms with van der Waals surface area (Å²) >= 11 is 0. The second kappa shape index (κ2) is 3.42. The molecule has 0 saturated carbocycles. The second-order valence-electron chi connectivity index (χ2n) is 3.72. The molecule has 1 N–H and O–H groups in total. The molecule has 1 heterocycles. The predicted molar refractivity (Wildman–Crippen MR) is 63.3 cm³/mol. The highest BCUT2D eigenvalue weighted by atomic mass is 16.3. The van der Waals surface area contributed by atoms with Crippen LogP contribution in [0.4, 0.5) is 0 Å². The van der Waals surface area contributed by atoms with Crippen LogP contribution in [0.25, 0.3) is 22.1 Å². The Hall–Kier alpha value is -2.22. The molecule has 3 aromatic rings. The zero-order valence-electron chi connectivity index (χ0n) is 8.55. The minimum absolute atomic E-state index is 0.280. The normalized spacial score (nSPS) is 10.8. The van der Waals surface area contributed by atoms with Crippen molar-refractivity contribution in [1.82, 2.24) is 0 Å². The summed E-state index contributed by atoms with van der Waals surface area (Å²) in [5.41, 5.74) is 3.03. The molecule has 0 aliphatic heterocycles. The molecule has 0 saturated heterocycles. The summed E-state index contributed by atoms with van der Waals surface area (Å²) in [5.74, 6) is 0.280. The molecular formula is C14H10O2. The van der Waals surface area contributed by atoms with Gasteiger partial charge in [0.15, 0.2) is 0 Å². The van der Waals surface area contributed by atoms with Crippen LogP contribution >= 0.6 is 0 Å². The van der Waals surface area contributed by atoms with E-state index in [1.54, 1.807) is 18.4 Å². The number of hydrogen-bond acceptors (Lipinski definition) is 2. The molecule has 0 bridgehead atoms. The van der Waals surface area contributed by atoms with E-state index in [-0.39, 0.29) is 5.75 Å². The maximum atomic E-state index is 9.22. The zero-order valence-corrected chi connectivity index (χ0v) is 8.55. The Balaban J connectivity index is 2.14. The van der Waals surface area contributed by atoms with E-state index in [0.717, 1.165) is 22.1 Å². The van der Waals surface area contributed by atoms with Crippen LogP contribution in [0.5, 0.6) is 5.75 Å². The van der Waals surface area contributed by atoms with E-state index in [9.17, 15) is 5.11 Å². The summed E-state index contributed by atoms with van der Waals surface area (Å²) in [4.78, 5) is 0. The van der Waals surface area contributed by atoms with Gasteiger partial charge in [0.25, 0.3) is 0 Å². The quantitative estimate of drug-likeness (QED) is 0.662. The Labute approximate surface area is 92.8 Å². The molecule has 0 aliphatic carbocycles. The van der Waals surface area contributed by atoms with Gasteiger partial charge in [-0.15, -0.1) is 0 Å². The van der Waals surface area contributed by atoms with Crippen molar-refractivity contribution in [2.24, 2.45) is 0 Å². The SMILES string of the molecule is Oc1ccc(-c2ccc3ccoc3c2)cc1. The van der Waals surface area contributed by atoms with Gasteiger partial charge in [-0.3, -0.25) is 0 Å². The van der Waals surface area contributed by atoms with Crippen molar-refractivity contribution in [2.75, 3.05) is 0 Å². The lowest BCUT2D eigenvalue weighted by Gasteiger charge is -2.01. The average Bonchev–Trinajstić information content (AvgIpc) is 2.77. The minimum Gasteiger partial charge on any atom is -0.508 e. The van der Waals surface area contributed by atoms with Crippen LogP contribution in [0.2, 0.25) is 0 Å². The molecule has 1 aromatic heterocycles. The monoisotopic (exact) mass is 210 g/mol. The Kier molecular flexibility index (Phi) is 1.93. The van der Waals surface area contributed by atoms with Crippen molar-refractivity contribution in [1.29, 1.82) is 0 Å². The lowest BCUT2D eigenvalue weighted by Crippen LogP contribution is -1.76. The van der Waals surface area contributed by atoms with Gasteiger partial charge in [-0.2, -0.15) is 0 Å². The smallest absolute Gasteiger partial charge is 0.134 e. The van der Waals surface area contributed by atoms with E-state index in [1.807, 2.05) is 36.4 Å². The van der Waals surface area contributed by atoms with E-state index in [4.69, 9.17) is 4.42 Å². The zero-order chi connectivity index (χ0) is 11.0. The van der Waals surface area contributed by atoms with Crippen molar-refractivity contribution >= 4 is 11.0 Å². The summed E-state index contributed by atoms with van der Waals surface area (Å²) in [6, 6.07) is 15.2. The Morgan fingerprint density at radius 1 is 0.812 bits per heavy atom. The van der Waals surface area contributed by atoms with Gasteiger partial charge in [-0.1, -0.05) is 24.3 Å². The summed E-state index contributed by atoms with van der Waals surface area (Å²) in [7, 11) is 0. The number of aromatic hydroxyl groups is 1. The first kappa shape index (κ1) is 9.04. The first-order valence-electron chi connectivity index (χ1n) is 5.09. The van der Waals surface area contributed by atoms with Crippen molar-refractivity contribution < 1.29 is 9.52 Å². The number of fused-ring (bicyclic) bond motifs is 1. The van der Waals surface area contributed by atoms with E-state index in [0.29, 0.717) is 0 Å². The second-order valence-corrected chi connectivity index (χ2v) is 3.72. The summed E-state index contributed by atoms with van der Waals surface area (Å²) < 4.78 is 5.35. The lowest BCUT2D eigenvalue weighted by molar-refractivity contribution is 0.475. The molecule has 2 aromatic carbocycles. The maximum absolute atomic E-state index is 9.22. The molecule has 78 valence electrons. The summed E-state index contributed by atoms with van der Waals surface area (Å²) in [6.07, 6.45) is 1.69. The number of rotatable bonds is 1. The van der Waals surface area contributed by atoms with E-state index < -0.39 is 0 Å². The predicted octanol–water partition coefficient (Wildman–Crippen LogP) is 3.81. The third-order valence-corrected chi connectivity index (χ3v) is 2.66. The summed E-state index contributed by atoms with van der Waals surface area (Å²) in [5, 5.41) is 10.3. The van der Waals surface area contributed by atoms with Crippen LogP contribution in [0, 0.1) is 0 Å². The Morgan fingerprint density at radius 3 is 2.38 bits per heavy atom. The molecule has 3 rings (SSSR count). The topological polar surface area (TPSA) is 33.4 Å². The molecule has 0 unspecified atom stereocenters. The van der Waals surface area contributed by atoms with Gasteiger partial charge in [-0.05, 0) is 35.4 Å². The van der Waals surface area contributed by atoms with Crippen LogP contribution in [0.1, 0.15) is 0 Å². The average molecular weight is 210 g/mol. The van der Waals surface area contributed by atoms with Gasteiger partial charge in [-0.25, -0.2) is 0 Å². The van der Waals surface area contributed by atoms with Crippen LogP contribution < -0.4 is 0 Å². The first-order valence-corrected chi connectivity index (χ1v) is 5.09. The molecule has 0 fully saturated rings. The molecule has 0 spiro atoms. The number of furan rings is 1. The number of phenols is 1. The molecule has 2 heteroatoms. The maximum Gasteiger partial charge on any atom is 0.134 e. The highest BCUT2D eigenvalue weighted by Gasteiger charge is 2.01. The van der Waals surface area contributed by atoms with E-state index in [2.05, 4.69) is 0 Å². The number of benzene rings is 2. The Bertz CT molecular complexity index is 621. The molecule has 2 nitrogen and oxygen atoms in total. The fourth-order valence-corrected chi connectivity index (χ4v) is 1.79. The largest absolute Gasteiger partial charge is 0.508 e. The minimum atomic E-state index is 0.280.